The summed E-state index contributed by atoms with van der Waals surface area (Å²) in [7, 11) is 0. The SMILES string of the molecule is O=C(O)C(F)(F)F.O=C(O)COc1ccc(C(=O)CNC(=O)c2cc3c(s2)CCNC3)c(OCC(=O)O)c1. The monoisotopic (exact) mass is 562 g/mol. The molecular formula is C22H21F3N2O10S. The normalized spacial score (nSPS) is 12.3. The van der Waals surface area contributed by atoms with Crippen molar-refractivity contribution in [1.29, 1.82) is 0 Å². The quantitative estimate of drug-likeness (QED) is 0.264. The van der Waals surface area contributed by atoms with Gasteiger partial charge in [-0.25, -0.2) is 14.4 Å². The first-order chi connectivity index (χ1) is 17.8. The second kappa shape index (κ2) is 13.4. The molecule has 1 aliphatic rings. The Morgan fingerprint density at radius 2 is 1.63 bits per heavy atom. The number of nitrogens with one attached hydrogen (secondary N) is 2. The molecule has 3 rings (SSSR count). The van der Waals surface area contributed by atoms with Crippen molar-refractivity contribution in [2.45, 2.75) is 19.1 Å². The third kappa shape index (κ3) is 9.36. The van der Waals surface area contributed by atoms with E-state index in [1.165, 1.54) is 29.5 Å². The van der Waals surface area contributed by atoms with Crippen molar-refractivity contribution in [3.8, 4) is 11.5 Å². The van der Waals surface area contributed by atoms with Gasteiger partial charge in [0.25, 0.3) is 5.91 Å². The van der Waals surface area contributed by atoms with E-state index >= 15 is 0 Å². The lowest BCUT2D eigenvalue weighted by Gasteiger charge is -2.12. The zero-order valence-electron chi connectivity index (χ0n) is 19.3. The van der Waals surface area contributed by atoms with Crippen LogP contribution in [-0.2, 0) is 27.3 Å². The number of ketones is 1. The Morgan fingerprint density at radius 3 is 2.21 bits per heavy atom. The Balaban J connectivity index is 0.000000638. The molecule has 0 radical (unpaired) electrons. The van der Waals surface area contributed by atoms with Crippen molar-refractivity contribution >= 4 is 40.9 Å². The summed E-state index contributed by atoms with van der Waals surface area (Å²) in [5.41, 5.74) is 1.12. The third-order valence-electron chi connectivity index (χ3n) is 4.58. The van der Waals surface area contributed by atoms with Crippen molar-refractivity contribution in [2.75, 3.05) is 26.3 Å². The molecule has 0 aliphatic carbocycles. The topological polar surface area (TPSA) is 189 Å². The summed E-state index contributed by atoms with van der Waals surface area (Å²) >= 11 is 1.40. The number of alkyl halides is 3. The molecule has 1 aromatic heterocycles. The molecule has 1 aliphatic heterocycles. The predicted octanol–water partition coefficient (Wildman–Crippen LogP) is 1.57. The standard InChI is InChI=1S/C20H20N2O8S.C2HF3O2/c23-14(8-22-20(28)17-5-11-7-21-4-3-16(11)31-17)13-2-1-12(29-9-18(24)25)6-15(13)30-10-19(26)27;3-2(4,5)1(6)7/h1-2,5-6,21H,3-4,7-10H2,(H,22,28)(H,24,25)(H,26,27);(H,6,7). The molecule has 0 saturated heterocycles. The van der Waals surface area contributed by atoms with E-state index in [1.807, 2.05) is 6.07 Å². The second-order valence-corrected chi connectivity index (χ2v) is 8.55. The fourth-order valence-electron chi connectivity index (χ4n) is 2.93. The summed E-state index contributed by atoms with van der Waals surface area (Å²) in [6.45, 7) is -0.0682. The number of thiophene rings is 1. The first kappa shape index (κ1) is 30.0. The summed E-state index contributed by atoms with van der Waals surface area (Å²) in [4.78, 5) is 57.1. The second-order valence-electron chi connectivity index (χ2n) is 7.42. The number of carboxylic acid groups (broad SMARTS) is 3. The average Bonchev–Trinajstić information content (AvgIpc) is 3.29. The number of hydrogen-bond acceptors (Lipinski definition) is 9. The number of rotatable bonds is 10. The lowest BCUT2D eigenvalue weighted by atomic mass is 10.1. The highest BCUT2D eigenvalue weighted by Gasteiger charge is 2.38. The van der Waals surface area contributed by atoms with Crippen LogP contribution in [-0.4, -0.2) is 77.4 Å². The number of carboxylic acids is 3. The molecule has 206 valence electrons. The summed E-state index contributed by atoms with van der Waals surface area (Å²) < 4.78 is 41.9. The number of fused-ring (bicyclic) bond motifs is 1. The number of benzene rings is 1. The van der Waals surface area contributed by atoms with Gasteiger partial charge in [0.05, 0.1) is 17.0 Å². The Morgan fingerprint density at radius 1 is 1.00 bits per heavy atom. The average molecular weight is 562 g/mol. The van der Waals surface area contributed by atoms with Gasteiger partial charge in [-0.1, -0.05) is 0 Å². The van der Waals surface area contributed by atoms with E-state index in [4.69, 9.17) is 29.6 Å². The molecule has 12 nitrogen and oxygen atoms in total. The minimum absolute atomic E-state index is 0.0406. The number of Topliss-reactive ketones (excluding diaryl/α,β-unsaturated/α-hetero) is 1. The van der Waals surface area contributed by atoms with Crippen LogP contribution in [0.2, 0.25) is 0 Å². The maximum absolute atomic E-state index is 12.6. The number of ether oxygens (including phenoxy) is 2. The molecule has 0 unspecified atom stereocenters. The minimum atomic E-state index is -5.08. The number of carbonyl (C=O) groups excluding carboxylic acids is 2. The van der Waals surface area contributed by atoms with Crippen molar-refractivity contribution in [2.24, 2.45) is 0 Å². The molecule has 16 heteroatoms. The Hall–Kier alpha value is -4.18. The number of amides is 1. The highest BCUT2D eigenvalue weighted by atomic mass is 32.1. The highest BCUT2D eigenvalue weighted by molar-refractivity contribution is 7.14. The van der Waals surface area contributed by atoms with Crippen molar-refractivity contribution in [1.82, 2.24) is 10.6 Å². The van der Waals surface area contributed by atoms with E-state index in [9.17, 15) is 32.3 Å². The van der Waals surface area contributed by atoms with Gasteiger partial charge in [0.1, 0.15) is 11.5 Å². The maximum Gasteiger partial charge on any atom is 0.490 e. The van der Waals surface area contributed by atoms with Crippen LogP contribution < -0.4 is 20.1 Å². The van der Waals surface area contributed by atoms with E-state index in [0.717, 1.165) is 23.4 Å². The van der Waals surface area contributed by atoms with Gasteiger partial charge >= 0.3 is 24.1 Å². The summed E-state index contributed by atoms with van der Waals surface area (Å²) in [5, 5.41) is 30.5. The van der Waals surface area contributed by atoms with Gasteiger partial charge in [0.2, 0.25) is 0 Å². The lowest BCUT2D eigenvalue weighted by molar-refractivity contribution is -0.192. The van der Waals surface area contributed by atoms with Gasteiger partial charge in [-0.3, -0.25) is 9.59 Å². The molecule has 0 fully saturated rings. The van der Waals surface area contributed by atoms with Crippen LogP contribution >= 0.6 is 11.3 Å². The molecule has 0 atom stereocenters. The molecule has 0 saturated carbocycles. The largest absolute Gasteiger partial charge is 0.490 e. The molecule has 0 bridgehead atoms. The molecule has 1 amide bonds. The zero-order valence-corrected chi connectivity index (χ0v) is 20.1. The van der Waals surface area contributed by atoms with Crippen LogP contribution in [0, 0.1) is 0 Å². The van der Waals surface area contributed by atoms with Crippen LogP contribution in [0.5, 0.6) is 11.5 Å². The van der Waals surface area contributed by atoms with Gasteiger partial charge < -0.3 is 35.4 Å². The fourth-order valence-corrected chi connectivity index (χ4v) is 4.03. The maximum atomic E-state index is 12.6. The van der Waals surface area contributed by atoms with Crippen molar-refractivity contribution in [3.63, 3.8) is 0 Å². The van der Waals surface area contributed by atoms with Crippen molar-refractivity contribution < 1.29 is 61.9 Å². The number of hydrogen-bond donors (Lipinski definition) is 5. The van der Waals surface area contributed by atoms with E-state index in [1.54, 1.807) is 0 Å². The van der Waals surface area contributed by atoms with Gasteiger partial charge in [-0.2, -0.15) is 13.2 Å². The third-order valence-corrected chi connectivity index (χ3v) is 5.82. The molecule has 2 aromatic rings. The number of halogens is 3. The summed E-state index contributed by atoms with van der Waals surface area (Å²) in [6, 6.07) is 5.74. The first-order valence-corrected chi connectivity index (χ1v) is 11.4. The Labute approximate surface area is 216 Å². The molecule has 1 aromatic carbocycles. The lowest BCUT2D eigenvalue weighted by Crippen LogP contribution is -2.29. The van der Waals surface area contributed by atoms with E-state index in [2.05, 4.69) is 10.6 Å². The summed E-state index contributed by atoms with van der Waals surface area (Å²) in [6.07, 6.45) is -4.23. The van der Waals surface area contributed by atoms with E-state index in [0.29, 0.717) is 11.4 Å². The predicted molar refractivity (Wildman–Crippen MR) is 123 cm³/mol. The van der Waals surface area contributed by atoms with Crippen LogP contribution in [0.1, 0.15) is 30.5 Å². The van der Waals surface area contributed by atoms with Crippen LogP contribution in [0.3, 0.4) is 0 Å². The molecule has 38 heavy (non-hydrogen) atoms. The summed E-state index contributed by atoms with van der Waals surface area (Å²) in [5.74, 6) is -6.05. The fraction of sp³-hybridized carbons (Fsp3) is 0.318. The van der Waals surface area contributed by atoms with Gasteiger partial charge in [-0.15, -0.1) is 11.3 Å². The smallest absolute Gasteiger partial charge is 0.482 e. The van der Waals surface area contributed by atoms with E-state index in [-0.39, 0.29) is 29.5 Å². The van der Waals surface area contributed by atoms with Gasteiger partial charge in [0.15, 0.2) is 19.0 Å². The zero-order chi connectivity index (χ0) is 28.5. The minimum Gasteiger partial charge on any atom is -0.482 e. The van der Waals surface area contributed by atoms with Gasteiger partial charge in [0, 0.05) is 24.0 Å². The van der Waals surface area contributed by atoms with Crippen LogP contribution in [0.15, 0.2) is 24.3 Å². The number of carbonyl (C=O) groups is 5. The van der Waals surface area contributed by atoms with E-state index < -0.39 is 43.1 Å². The Kier molecular flexibility index (Phi) is 10.6. The molecule has 2 heterocycles. The Bertz CT molecular complexity index is 1190. The molecule has 0 spiro atoms. The molecular weight excluding hydrogens is 541 g/mol. The van der Waals surface area contributed by atoms with Crippen molar-refractivity contribution in [3.05, 3.63) is 45.1 Å². The highest BCUT2D eigenvalue weighted by Crippen LogP contribution is 2.27. The van der Waals surface area contributed by atoms with Crippen LogP contribution in [0.4, 0.5) is 13.2 Å². The van der Waals surface area contributed by atoms with Gasteiger partial charge in [-0.05, 0) is 30.2 Å². The van der Waals surface area contributed by atoms with Crippen LogP contribution in [0.25, 0.3) is 0 Å². The first-order valence-electron chi connectivity index (χ1n) is 10.5. The number of aliphatic carboxylic acids is 3. The molecule has 5 N–H and O–H groups in total.